The summed E-state index contributed by atoms with van der Waals surface area (Å²) >= 11 is 0. The van der Waals surface area contributed by atoms with Crippen LogP contribution in [0.1, 0.15) is 31.2 Å². The normalized spacial score (nSPS) is 35.9. The van der Waals surface area contributed by atoms with Gasteiger partial charge in [-0.25, -0.2) is 0 Å². The molecule has 14 heavy (non-hydrogen) atoms. The Bertz CT molecular complexity index is 319. The molecule has 1 saturated heterocycles. The Hall–Kier alpha value is -0.820. The van der Waals surface area contributed by atoms with E-state index in [1.54, 1.807) is 0 Å². The fraction of sp³-hybridized carbons (Fsp3) is 0.538. The first kappa shape index (κ1) is 8.49. The van der Waals surface area contributed by atoms with Crippen molar-refractivity contribution in [3.63, 3.8) is 0 Å². The van der Waals surface area contributed by atoms with Crippen molar-refractivity contribution < 1.29 is 0 Å². The maximum atomic E-state index is 3.68. The molecule has 1 aromatic carbocycles. The van der Waals surface area contributed by atoms with Crippen LogP contribution in [0.3, 0.4) is 0 Å². The maximum absolute atomic E-state index is 3.68. The predicted octanol–water partition coefficient (Wildman–Crippen LogP) is 2.68. The van der Waals surface area contributed by atoms with E-state index in [1.165, 1.54) is 37.8 Å². The third kappa shape index (κ3) is 1.05. The summed E-state index contributed by atoms with van der Waals surface area (Å²) in [5.74, 6) is 0.902. The molecule has 1 nitrogen and oxygen atoms in total. The first-order valence-electron chi connectivity index (χ1n) is 5.72. The van der Waals surface area contributed by atoms with Crippen molar-refractivity contribution in [3.05, 3.63) is 35.9 Å². The lowest BCUT2D eigenvalue weighted by Gasteiger charge is -2.54. The van der Waals surface area contributed by atoms with Crippen LogP contribution in [-0.2, 0) is 5.54 Å². The molecule has 0 unspecified atom stereocenters. The predicted molar refractivity (Wildman–Crippen MR) is 58.1 cm³/mol. The molecule has 74 valence electrons. The molecule has 0 spiro atoms. The summed E-state index contributed by atoms with van der Waals surface area (Å²) in [7, 11) is 0. The minimum absolute atomic E-state index is 0.361. The zero-order chi connectivity index (χ0) is 9.43. The van der Waals surface area contributed by atoms with Crippen molar-refractivity contribution in [1.29, 1.82) is 0 Å². The fourth-order valence-corrected chi connectivity index (χ4v) is 3.15. The van der Waals surface area contributed by atoms with Crippen LogP contribution in [0.2, 0.25) is 0 Å². The number of nitrogens with one attached hydrogen (secondary N) is 1. The highest BCUT2D eigenvalue weighted by atomic mass is 15.1. The summed E-state index contributed by atoms with van der Waals surface area (Å²) in [6.45, 7) is 1.23. The Morgan fingerprint density at radius 1 is 1.14 bits per heavy atom. The molecule has 0 bridgehead atoms. The zero-order valence-electron chi connectivity index (χ0n) is 8.50. The highest BCUT2D eigenvalue weighted by Gasteiger charge is 2.48. The van der Waals surface area contributed by atoms with Crippen LogP contribution in [0.15, 0.2) is 30.3 Å². The molecule has 1 N–H and O–H groups in total. The van der Waals surface area contributed by atoms with Crippen molar-refractivity contribution in [3.8, 4) is 0 Å². The molecular formula is C13H17N. The lowest BCUT2D eigenvalue weighted by molar-refractivity contribution is 0.0480. The SMILES string of the molecule is c1ccc([C@]23CCCC[C@H]2CN3)cc1. The second-order valence-corrected chi connectivity index (χ2v) is 4.66. The molecule has 2 atom stereocenters. The summed E-state index contributed by atoms with van der Waals surface area (Å²) in [4.78, 5) is 0. The van der Waals surface area contributed by atoms with E-state index in [-0.39, 0.29) is 0 Å². The average Bonchev–Trinajstić information content (AvgIpc) is 2.22. The van der Waals surface area contributed by atoms with Crippen molar-refractivity contribution in [1.82, 2.24) is 5.32 Å². The highest BCUT2D eigenvalue weighted by Crippen LogP contribution is 2.46. The molecule has 1 aliphatic heterocycles. The molecule has 1 heterocycles. The fourth-order valence-electron chi connectivity index (χ4n) is 3.15. The van der Waals surface area contributed by atoms with Crippen LogP contribution < -0.4 is 5.32 Å². The maximum Gasteiger partial charge on any atom is 0.0475 e. The first-order chi connectivity index (χ1) is 6.92. The Kier molecular flexibility index (Phi) is 1.88. The van der Waals surface area contributed by atoms with Crippen molar-refractivity contribution >= 4 is 0 Å². The summed E-state index contributed by atoms with van der Waals surface area (Å²) in [6.07, 6.45) is 5.57. The van der Waals surface area contributed by atoms with Gasteiger partial charge in [0.2, 0.25) is 0 Å². The second-order valence-electron chi connectivity index (χ2n) is 4.66. The number of fused-ring (bicyclic) bond motifs is 1. The van der Waals surface area contributed by atoms with Gasteiger partial charge in [-0.15, -0.1) is 0 Å². The Labute approximate surface area is 85.5 Å². The number of benzene rings is 1. The Morgan fingerprint density at radius 3 is 2.64 bits per heavy atom. The number of rotatable bonds is 1. The zero-order valence-corrected chi connectivity index (χ0v) is 8.50. The summed E-state index contributed by atoms with van der Waals surface area (Å²) in [5, 5.41) is 3.68. The van der Waals surface area contributed by atoms with E-state index in [0.29, 0.717) is 5.54 Å². The van der Waals surface area contributed by atoms with Gasteiger partial charge in [0.1, 0.15) is 0 Å². The monoisotopic (exact) mass is 187 g/mol. The molecule has 0 radical (unpaired) electrons. The molecule has 3 rings (SSSR count). The first-order valence-corrected chi connectivity index (χ1v) is 5.72. The average molecular weight is 187 g/mol. The lowest BCUT2D eigenvalue weighted by atomic mass is 9.64. The van der Waals surface area contributed by atoms with E-state index in [0.717, 1.165) is 5.92 Å². The van der Waals surface area contributed by atoms with Gasteiger partial charge >= 0.3 is 0 Å². The molecule has 0 amide bonds. The van der Waals surface area contributed by atoms with Gasteiger partial charge in [-0.3, -0.25) is 0 Å². The van der Waals surface area contributed by atoms with Crippen LogP contribution in [0.5, 0.6) is 0 Å². The van der Waals surface area contributed by atoms with E-state index in [9.17, 15) is 0 Å². The third-order valence-electron chi connectivity index (χ3n) is 4.02. The molecule has 0 aromatic heterocycles. The van der Waals surface area contributed by atoms with Gasteiger partial charge in [0.15, 0.2) is 0 Å². The topological polar surface area (TPSA) is 12.0 Å². The third-order valence-corrected chi connectivity index (χ3v) is 4.02. The number of hydrogen-bond donors (Lipinski definition) is 1. The quantitative estimate of drug-likeness (QED) is 0.712. The summed E-state index contributed by atoms with van der Waals surface area (Å²) in [5.41, 5.74) is 1.87. The van der Waals surface area contributed by atoms with Crippen LogP contribution in [0.4, 0.5) is 0 Å². The summed E-state index contributed by atoms with van der Waals surface area (Å²) < 4.78 is 0. The van der Waals surface area contributed by atoms with Gasteiger partial charge in [0.25, 0.3) is 0 Å². The molecule has 2 aliphatic rings. The molecule has 1 aromatic rings. The molecular weight excluding hydrogens is 170 g/mol. The van der Waals surface area contributed by atoms with Gasteiger partial charge in [0, 0.05) is 12.1 Å². The smallest absolute Gasteiger partial charge is 0.0475 e. The van der Waals surface area contributed by atoms with Gasteiger partial charge in [-0.2, -0.15) is 0 Å². The molecule has 1 aliphatic carbocycles. The summed E-state index contributed by atoms with van der Waals surface area (Å²) in [6, 6.07) is 11.0. The van der Waals surface area contributed by atoms with Crippen molar-refractivity contribution in [2.45, 2.75) is 31.2 Å². The van der Waals surface area contributed by atoms with Crippen LogP contribution >= 0.6 is 0 Å². The Morgan fingerprint density at radius 2 is 2.00 bits per heavy atom. The van der Waals surface area contributed by atoms with Crippen LogP contribution in [0.25, 0.3) is 0 Å². The second kappa shape index (κ2) is 3.09. The minimum atomic E-state index is 0.361. The largest absolute Gasteiger partial charge is 0.307 e. The van der Waals surface area contributed by atoms with E-state index in [4.69, 9.17) is 0 Å². The van der Waals surface area contributed by atoms with Crippen molar-refractivity contribution in [2.75, 3.05) is 6.54 Å². The molecule has 1 saturated carbocycles. The molecule has 2 fully saturated rings. The van der Waals surface area contributed by atoms with Gasteiger partial charge in [0.05, 0.1) is 0 Å². The van der Waals surface area contributed by atoms with E-state index in [2.05, 4.69) is 35.6 Å². The van der Waals surface area contributed by atoms with Crippen LogP contribution in [0, 0.1) is 5.92 Å². The minimum Gasteiger partial charge on any atom is -0.307 e. The van der Waals surface area contributed by atoms with Gasteiger partial charge in [-0.1, -0.05) is 43.2 Å². The van der Waals surface area contributed by atoms with Gasteiger partial charge < -0.3 is 5.32 Å². The van der Waals surface area contributed by atoms with Crippen molar-refractivity contribution in [2.24, 2.45) is 5.92 Å². The Balaban J connectivity index is 1.96. The van der Waals surface area contributed by atoms with E-state index >= 15 is 0 Å². The lowest BCUT2D eigenvalue weighted by Crippen LogP contribution is -2.63. The van der Waals surface area contributed by atoms with Gasteiger partial charge in [-0.05, 0) is 24.3 Å². The number of hydrogen-bond acceptors (Lipinski definition) is 1. The standard InChI is InChI=1S/C13H17N/c1-2-6-11(7-3-1)13-9-5-4-8-12(13)10-14-13/h1-3,6-7,12,14H,4-5,8-10H2/t12-,13+/m0/s1. The van der Waals surface area contributed by atoms with E-state index in [1.807, 2.05) is 0 Å². The molecule has 1 heteroatoms. The van der Waals surface area contributed by atoms with E-state index < -0.39 is 0 Å². The van der Waals surface area contributed by atoms with Crippen LogP contribution in [-0.4, -0.2) is 6.54 Å². The highest BCUT2D eigenvalue weighted by molar-refractivity contribution is 5.29.